The summed E-state index contributed by atoms with van der Waals surface area (Å²) in [5.74, 6) is 0.580. The third-order valence-electron chi connectivity index (χ3n) is 2.79. The SMILES string of the molecule is CC(C)c1ccc(C(C)NCCC#N)cc1. The Kier molecular flexibility index (Phi) is 5.01. The van der Waals surface area contributed by atoms with Crippen LogP contribution in [0.25, 0.3) is 0 Å². The van der Waals surface area contributed by atoms with E-state index in [4.69, 9.17) is 5.26 Å². The second kappa shape index (κ2) is 6.30. The summed E-state index contributed by atoms with van der Waals surface area (Å²) in [4.78, 5) is 0. The standard InChI is InChI=1S/C14H20N2/c1-11(2)13-5-7-14(8-6-13)12(3)16-10-4-9-15/h5-8,11-12,16H,4,10H2,1-3H3. The lowest BCUT2D eigenvalue weighted by Crippen LogP contribution is -2.19. The predicted octanol–water partition coefficient (Wildman–Crippen LogP) is 3.37. The van der Waals surface area contributed by atoms with E-state index in [1.165, 1.54) is 11.1 Å². The van der Waals surface area contributed by atoms with Gasteiger partial charge in [-0.2, -0.15) is 5.26 Å². The van der Waals surface area contributed by atoms with Crippen LogP contribution in [0.2, 0.25) is 0 Å². The quantitative estimate of drug-likeness (QED) is 0.766. The number of hydrogen-bond acceptors (Lipinski definition) is 2. The molecule has 0 amide bonds. The van der Waals surface area contributed by atoms with Gasteiger partial charge in [0.25, 0.3) is 0 Å². The number of benzene rings is 1. The molecule has 0 aliphatic heterocycles. The fourth-order valence-corrected chi connectivity index (χ4v) is 1.63. The molecule has 0 heterocycles. The Hall–Kier alpha value is -1.33. The molecule has 0 saturated carbocycles. The van der Waals surface area contributed by atoms with Crippen molar-refractivity contribution < 1.29 is 0 Å². The average molecular weight is 216 g/mol. The van der Waals surface area contributed by atoms with E-state index in [0.29, 0.717) is 18.4 Å². The van der Waals surface area contributed by atoms with E-state index in [1.807, 2.05) is 0 Å². The van der Waals surface area contributed by atoms with Crippen molar-refractivity contribution in [2.75, 3.05) is 6.54 Å². The van der Waals surface area contributed by atoms with Crippen molar-refractivity contribution in [3.05, 3.63) is 35.4 Å². The smallest absolute Gasteiger partial charge is 0.0635 e. The van der Waals surface area contributed by atoms with E-state index in [9.17, 15) is 0 Å². The Labute approximate surface area is 98.3 Å². The van der Waals surface area contributed by atoms with Gasteiger partial charge in [0.05, 0.1) is 6.07 Å². The lowest BCUT2D eigenvalue weighted by molar-refractivity contribution is 0.583. The molecule has 2 nitrogen and oxygen atoms in total. The first kappa shape index (κ1) is 12.7. The minimum atomic E-state index is 0.314. The van der Waals surface area contributed by atoms with Gasteiger partial charge in [-0.15, -0.1) is 0 Å². The van der Waals surface area contributed by atoms with Gasteiger partial charge in [-0.05, 0) is 24.0 Å². The highest BCUT2D eigenvalue weighted by molar-refractivity contribution is 5.26. The lowest BCUT2D eigenvalue weighted by atomic mass is 9.99. The summed E-state index contributed by atoms with van der Waals surface area (Å²) in [6.45, 7) is 7.28. The van der Waals surface area contributed by atoms with Crippen LogP contribution in [-0.2, 0) is 0 Å². The Bertz CT molecular complexity index is 346. The highest BCUT2D eigenvalue weighted by atomic mass is 14.9. The number of rotatable bonds is 5. The summed E-state index contributed by atoms with van der Waals surface area (Å²) in [6.07, 6.45) is 0.564. The first-order valence-electron chi connectivity index (χ1n) is 5.85. The molecule has 0 bridgehead atoms. The largest absolute Gasteiger partial charge is 0.309 e. The fourth-order valence-electron chi connectivity index (χ4n) is 1.63. The first-order valence-corrected chi connectivity index (χ1v) is 5.85. The number of nitrogens with zero attached hydrogens (tertiary/aromatic N) is 1. The van der Waals surface area contributed by atoms with E-state index >= 15 is 0 Å². The van der Waals surface area contributed by atoms with Crippen molar-refractivity contribution >= 4 is 0 Å². The summed E-state index contributed by atoms with van der Waals surface area (Å²) in [5.41, 5.74) is 2.65. The van der Waals surface area contributed by atoms with Crippen molar-refractivity contribution in [1.29, 1.82) is 5.26 Å². The summed E-state index contributed by atoms with van der Waals surface area (Å²) in [7, 11) is 0. The molecule has 0 aliphatic carbocycles. The molecular weight excluding hydrogens is 196 g/mol. The molecule has 1 N–H and O–H groups in total. The molecule has 16 heavy (non-hydrogen) atoms. The zero-order chi connectivity index (χ0) is 12.0. The number of hydrogen-bond donors (Lipinski definition) is 1. The Morgan fingerprint density at radius 1 is 1.12 bits per heavy atom. The summed E-state index contributed by atoms with van der Waals surface area (Å²) in [5, 5.41) is 11.8. The van der Waals surface area contributed by atoms with Crippen LogP contribution in [0.15, 0.2) is 24.3 Å². The molecule has 0 fully saturated rings. The molecule has 1 aromatic carbocycles. The third kappa shape index (κ3) is 3.67. The van der Waals surface area contributed by atoms with Crippen LogP contribution in [0.4, 0.5) is 0 Å². The van der Waals surface area contributed by atoms with Gasteiger partial charge < -0.3 is 5.32 Å². The van der Waals surface area contributed by atoms with Gasteiger partial charge in [-0.25, -0.2) is 0 Å². The maximum Gasteiger partial charge on any atom is 0.0635 e. The van der Waals surface area contributed by atoms with Gasteiger partial charge in [0.1, 0.15) is 0 Å². The molecule has 1 unspecified atom stereocenters. The summed E-state index contributed by atoms with van der Waals surface area (Å²) < 4.78 is 0. The van der Waals surface area contributed by atoms with Gasteiger partial charge in [0.15, 0.2) is 0 Å². The molecule has 86 valence electrons. The predicted molar refractivity (Wildman–Crippen MR) is 67.2 cm³/mol. The van der Waals surface area contributed by atoms with Gasteiger partial charge in [-0.1, -0.05) is 38.1 Å². The molecule has 0 spiro atoms. The molecule has 0 saturated heterocycles. The maximum atomic E-state index is 8.46. The van der Waals surface area contributed by atoms with Crippen LogP contribution < -0.4 is 5.32 Å². The first-order chi connectivity index (χ1) is 7.65. The molecular formula is C14H20N2. The van der Waals surface area contributed by atoms with Crippen molar-refractivity contribution in [2.24, 2.45) is 0 Å². The van der Waals surface area contributed by atoms with E-state index < -0.39 is 0 Å². The third-order valence-corrected chi connectivity index (χ3v) is 2.79. The molecule has 0 radical (unpaired) electrons. The van der Waals surface area contributed by atoms with Crippen LogP contribution in [-0.4, -0.2) is 6.54 Å². The normalized spacial score (nSPS) is 12.4. The summed E-state index contributed by atoms with van der Waals surface area (Å²) in [6, 6.07) is 11.1. The zero-order valence-electron chi connectivity index (χ0n) is 10.3. The van der Waals surface area contributed by atoms with E-state index in [0.717, 1.165) is 6.54 Å². The Morgan fingerprint density at radius 3 is 2.19 bits per heavy atom. The van der Waals surface area contributed by atoms with E-state index in [-0.39, 0.29) is 0 Å². The van der Waals surface area contributed by atoms with Crippen molar-refractivity contribution in [2.45, 2.75) is 39.2 Å². The Balaban J connectivity index is 2.56. The Morgan fingerprint density at radius 2 is 1.69 bits per heavy atom. The van der Waals surface area contributed by atoms with Gasteiger partial charge in [0, 0.05) is 19.0 Å². The highest BCUT2D eigenvalue weighted by Crippen LogP contribution is 2.18. The van der Waals surface area contributed by atoms with Crippen LogP contribution in [0.3, 0.4) is 0 Å². The lowest BCUT2D eigenvalue weighted by Gasteiger charge is -2.14. The molecule has 1 atom stereocenters. The second-order valence-electron chi connectivity index (χ2n) is 4.41. The number of nitriles is 1. The van der Waals surface area contributed by atoms with E-state index in [2.05, 4.69) is 56.4 Å². The second-order valence-corrected chi connectivity index (χ2v) is 4.41. The molecule has 0 aromatic heterocycles. The zero-order valence-corrected chi connectivity index (χ0v) is 10.3. The van der Waals surface area contributed by atoms with Gasteiger partial charge in [-0.3, -0.25) is 0 Å². The highest BCUT2D eigenvalue weighted by Gasteiger charge is 2.05. The van der Waals surface area contributed by atoms with Crippen LogP contribution in [0, 0.1) is 11.3 Å². The van der Waals surface area contributed by atoms with Gasteiger partial charge in [0.2, 0.25) is 0 Å². The fraction of sp³-hybridized carbons (Fsp3) is 0.500. The maximum absolute atomic E-state index is 8.46. The number of nitrogens with one attached hydrogen (secondary N) is 1. The van der Waals surface area contributed by atoms with E-state index in [1.54, 1.807) is 0 Å². The molecule has 1 rings (SSSR count). The van der Waals surface area contributed by atoms with Crippen LogP contribution >= 0.6 is 0 Å². The minimum absolute atomic E-state index is 0.314. The van der Waals surface area contributed by atoms with Gasteiger partial charge >= 0.3 is 0 Å². The molecule has 1 aromatic rings. The van der Waals surface area contributed by atoms with Crippen molar-refractivity contribution in [1.82, 2.24) is 5.32 Å². The average Bonchev–Trinajstić information content (AvgIpc) is 2.29. The summed E-state index contributed by atoms with van der Waals surface area (Å²) >= 11 is 0. The topological polar surface area (TPSA) is 35.8 Å². The molecule has 2 heteroatoms. The monoisotopic (exact) mass is 216 g/mol. The van der Waals surface area contributed by atoms with Crippen LogP contribution in [0.1, 0.15) is 50.3 Å². The minimum Gasteiger partial charge on any atom is -0.309 e. The van der Waals surface area contributed by atoms with Crippen molar-refractivity contribution in [3.63, 3.8) is 0 Å². The van der Waals surface area contributed by atoms with Crippen LogP contribution in [0.5, 0.6) is 0 Å². The van der Waals surface area contributed by atoms with Crippen molar-refractivity contribution in [3.8, 4) is 6.07 Å². The molecule has 0 aliphatic rings.